The van der Waals surface area contributed by atoms with Crippen LogP contribution in [0.4, 0.5) is 0 Å². The van der Waals surface area contributed by atoms with E-state index in [0.717, 1.165) is 24.0 Å². The number of halogens is 1. The standard InChI is InChI=1S/C24H28ClN3O3/c1-16-12-17(2)14-19(13-16)24(31)28-11-5-6-18(15-28)22(29)26-9-10-27-23(30)20-7-3-4-8-21(20)25/h3-4,7-8,12-14,18H,5-6,9-11,15H2,1-2H3,(H,26,29)(H,27,30). The lowest BCUT2D eigenvalue weighted by molar-refractivity contribution is -0.126. The summed E-state index contributed by atoms with van der Waals surface area (Å²) in [5.74, 6) is -0.646. The van der Waals surface area contributed by atoms with Gasteiger partial charge in [0.15, 0.2) is 0 Å². The number of hydrogen-bond acceptors (Lipinski definition) is 3. The lowest BCUT2D eigenvalue weighted by Gasteiger charge is -2.32. The van der Waals surface area contributed by atoms with Gasteiger partial charge in [-0.1, -0.05) is 40.9 Å². The third kappa shape index (κ3) is 6.07. The van der Waals surface area contributed by atoms with Gasteiger partial charge in [-0.2, -0.15) is 0 Å². The molecule has 1 fully saturated rings. The maximum atomic E-state index is 12.9. The lowest BCUT2D eigenvalue weighted by Crippen LogP contribution is -2.46. The normalized spacial score (nSPS) is 16.0. The third-order valence-electron chi connectivity index (χ3n) is 5.38. The van der Waals surface area contributed by atoms with Gasteiger partial charge in [-0.3, -0.25) is 14.4 Å². The fourth-order valence-electron chi connectivity index (χ4n) is 3.90. The molecule has 7 heteroatoms. The Hall–Kier alpha value is -2.86. The molecule has 1 heterocycles. The number of nitrogens with zero attached hydrogens (tertiary/aromatic N) is 1. The maximum Gasteiger partial charge on any atom is 0.253 e. The van der Waals surface area contributed by atoms with E-state index in [-0.39, 0.29) is 23.6 Å². The van der Waals surface area contributed by atoms with Crippen LogP contribution in [0.15, 0.2) is 42.5 Å². The highest BCUT2D eigenvalue weighted by Gasteiger charge is 2.29. The molecular formula is C24H28ClN3O3. The molecule has 0 spiro atoms. The van der Waals surface area contributed by atoms with E-state index >= 15 is 0 Å². The summed E-state index contributed by atoms with van der Waals surface area (Å²) < 4.78 is 0. The van der Waals surface area contributed by atoms with Crippen LogP contribution in [0.3, 0.4) is 0 Å². The second-order valence-electron chi connectivity index (χ2n) is 7.99. The monoisotopic (exact) mass is 441 g/mol. The molecule has 0 aromatic heterocycles. The van der Waals surface area contributed by atoms with Crippen molar-refractivity contribution in [2.24, 2.45) is 5.92 Å². The average Bonchev–Trinajstić information content (AvgIpc) is 2.75. The number of likely N-dealkylation sites (tertiary alicyclic amines) is 1. The molecule has 1 aliphatic rings. The summed E-state index contributed by atoms with van der Waals surface area (Å²) in [5.41, 5.74) is 3.17. The van der Waals surface area contributed by atoms with Crippen LogP contribution in [-0.4, -0.2) is 48.8 Å². The Balaban J connectivity index is 1.48. The highest BCUT2D eigenvalue weighted by molar-refractivity contribution is 6.33. The van der Waals surface area contributed by atoms with Gasteiger partial charge in [0, 0.05) is 31.7 Å². The van der Waals surface area contributed by atoms with Gasteiger partial charge in [0.1, 0.15) is 0 Å². The van der Waals surface area contributed by atoms with Gasteiger partial charge >= 0.3 is 0 Å². The number of carbonyl (C=O) groups excluding carboxylic acids is 3. The SMILES string of the molecule is Cc1cc(C)cc(C(=O)N2CCCC(C(=O)NCCNC(=O)c3ccccc3Cl)C2)c1. The molecule has 0 bridgehead atoms. The Morgan fingerprint density at radius 1 is 1.03 bits per heavy atom. The molecular weight excluding hydrogens is 414 g/mol. The minimum atomic E-state index is -0.275. The Bertz CT molecular complexity index is 956. The number of benzene rings is 2. The quantitative estimate of drug-likeness (QED) is 0.675. The molecule has 164 valence electrons. The zero-order valence-electron chi connectivity index (χ0n) is 17.9. The first-order valence-electron chi connectivity index (χ1n) is 10.5. The summed E-state index contributed by atoms with van der Waals surface area (Å²) in [6.07, 6.45) is 1.53. The Kier molecular flexibility index (Phi) is 7.69. The number of hydrogen-bond donors (Lipinski definition) is 2. The van der Waals surface area contributed by atoms with Crippen LogP contribution in [0.2, 0.25) is 5.02 Å². The number of nitrogens with one attached hydrogen (secondary N) is 2. The molecule has 31 heavy (non-hydrogen) atoms. The second-order valence-corrected chi connectivity index (χ2v) is 8.40. The second kappa shape index (κ2) is 10.4. The van der Waals surface area contributed by atoms with Crippen LogP contribution in [0.25, 0.3) is 0 Å². The van der Waals surface area contributed by atoms with E-state index in [1.807, 2.05) is 32.0 Å². The topological polar surface area (TPSA) is 78.5 Å². The van der Waals surface area contributed by atoms with Crippen molar-refractivity contribution in [2.45, 2.75) is 26.7 Å². The molecule has 2 aromatic rings. The van der Waals surface area contributed by atoms with E-state index in [1.54, 1.807) is 29.2 Å². The summed E-state index contributed by atoms with van der Waals surface area (Å²) in [6, 6.07) is 12.6. The highest BCUT2D eigenvalue weighted by Crippen LogP contribution is 2.20. The first-order chi connectivity index (χ1) is 14.8. The average molecular weight is 442 g/mol. The number of piperidine rings is 1. The van der Waals surface area contributed by atoms with Gasteiger partial charge < -0.3 is 15.5 Å². The van der Waals surface area contributed by atoms with Gasteiger partial charge in [0.25, 0.3) is 11.8 Å². The molecule has 6 nitrogen and oxygen atoms in total. The molecule has 2 aromatic carbocycles. The summed E-state index contributed by atoms with van der Waals surface area (Å²) in [7, 11) is 0. The van der Waals surface area contributed by atoms with Crippen molar-refractivity contribution in [3.8, 4) is 0 Å². The Morgan fingerprint density at radius 2 is 1.71 bits per heavy atom. The fraction of sp³-hybridized carbons (Fsp3) is 0.375. The minimum Gasteiger partial charge on any atom is -0.354 e. The zero-order chi connectivity index (χ0) is 22.4. The number of carbonyl (C=O) groups is 3. The molecule has 1 atom stereocenters. The summed E-state index contributed by atoms with van der Waals surface area (Å²) in [4.78, 5) is 39.4. The molecule has 0 saturated carbocycles. The Labute approximate surface area is 188 Å². The van der Waals surface area contributed by atoms with Crippen molar-refractivity contribution in [2.75, 3.05) is 26.2 Å². The molecule has 3 amide bonds. The van der Waals surface area contributed by atoms with E-state index in [0.29, 0.717) is 42.3 Å². The predicted molar refractivity (Wildman–Crippen MR) is 121 cm³/mol. The van der Waals surface area contributed by atoms with Crippen LogP contribution < -0.4 is 10.6 Å². The van der Waals surface area contributed by atoms with Gasteiger partial charge in [0.2, 0.25) is 5.91 Å². The first-order valence-corrected chi connectivity index (χ1v) is 10.9. The number of rotatable bonds is 6. The fourth-order valence-corrected chi connectivity index (χ4v) is 4.12. The number of amides is 3. The molecule has 1 saturated heterocycles. The lowest BCUT2D eigenvalue weighted by atomic mass is 9.96. The predicted octanol–water partition coefficient (Wildman–Crippen LogP) is 3.36. The van der Waals surface area contributed by atoms with Gasteiger partial charge in [-0.25, -0.2) is 0 Å². The summed E-state index contributed by atoms with van der Waals surface area (Å²) in [5, 5.41) is 6.01. The summed E-state index contributed by atoms with van der Waals surface area (Å²) >= 11 is 6.02. The minimum absolute atomic E-state index is 0.0312. The molecule has 3 rings (SSSR count). The van der Waals surface area contributed by atoms with Crippen LogP contribution in [0, 0.1) is 19.8 Å². The zero-order valence-corrected chi connectivity index (χ0v) is 18.7. The van der Waals surface area contributed by atoms with Crippen LogP contribution in [0.5, 0.6) is 0 Å². The van der Waals surface area contributed by atoms with Gasteiger partial charge in [0.05, 0.1) is 16.5 Å². The molecule has 1 aliphatic heterocycles. The molecule has 1 unspecified atom stereocenters. The molecule has 0 aliphatic carbocycles. The highest BCUT2D eigenvalue weighted by atomic mass is 35.5. The van der Waals surface area contributed by atoms with Gasteiger partial charge in [-0.05, 0) is 51.0 Å². The van der Waals surface area contributed by atoms with Crippen LogP contribution in [0.1, 0.15) is 44.7 Å². The van der Waals surface area contributed by atoms with Crippen LogP contribution >= 0.6 is 11.6 Å². The molecule has 0 radical (unpaired) electrons. The van der Waals surface area contributed by atoms with Crippen LogP contribution in [-0.2, 0) is 4.79 Å². The van der Waals surface area contributed by atoms with E-state index in [1.165, 1.54) is 0 Å². The largest absolute Gasteiger partial charge is 0.354 e. The van der Waals surface area contributed by atoms with Crippen molar-refractivity contribution >= 4 is 29.3 Å². The summed E-state index contributed by atoms with van der Waals surface area (Å²) in [6.45, 7) is 5.62. The molecule has 2 N–H and O–H groups in total. The third-order valence-corrected chi connectivity index (χ3v) is 5.71. The number of aryl methyl sites for hydroxylation is 2. The van der Waals surface area contributed by atoms with Gasteiger partial charge in [-0.15, -0.1) is 0 Å². The van der Waals surface area contributed by atoms with Crippen molar-refractivity contribution in [1.82, 2.24) is 15.5 Å². The van der Waals surface area contributed by atoms with Crippen molar-refractivity contribution in [3.63, 3.8) is 0 Å². The first kappa shape index (κ1) is 22.8. The van der Waals surface area contributed by atoms with Crippen molar-refractivity contribution < 1.29 is 14.4 Å². The van der Waals surface area contributed by atoms with Crippen molar-refractivity contribution in [1.29, 1.82) is 0 Å². The smallest absolute Gasteiger partial charge is 0.253 e. The Morgan fingerprint density at radius 3 is 2.42 bits per heavy atom. The van der Waals surface area contributed by atoms with E-state index in [2.05, 4.69) is 10.6 Å². The van der Waals surface area contributed by atoms with E-state index < -0.39 is 0 Å². The van der Waals surface area contributed by atoms with Crippen molar-refractivity contribution in [3.05, 3.63) is 69.7 Å². The maximum absolute atomic E-state index is 12.9. The van der Waals surface area contributed by atoms with E-state index in [9.17, 15) is 14.4 Å². The van der Waals surface area contributed by atoms with E-state index in [4.69, 9.17) is 11.6 Å².